The van der Waals surface area contributed by atoms with Gasteiger partial charge in [-0.25, -0.2) is 0 Å². The van der Waals surface area contributed by atoms with Gasteiger partial charge in [0.05, 0.1) is 18.2 Å². The summed E-state index contributed by atoms with van der Waals surface area (Å²) in [7, 11) is 3.43. The highest BCUT2D eigenvalue weighted by Crippen LogP contribution is 2.25. The number of carbonyl (C=O) groups excluding carboxylic acids is 1. The van der Waals surface area contributed by atoms with Crippen molar-refractivity contribution in [2.75, 3.05) is 27.3 Å². The number of rotatable bonds is 3. The Labute approximate surface area is 103 Å². The number of methoxy groups -OCH3 is 2. The number of ether oxygens (including phenoxy) is 2. The topological polar surface area (TPSA) is 38.8 Å². The number of carbonyl (C=O) groups is 1. The van der Waals surface area contributed by atoms with E-state index in [1.54, 1.807) is 14.2 Å². The van der Waals surface area contributed by atoms with Gasteiger partial charge in [0.15, 0.2) is 0 Å². The van der Waals surface area contributed by atoms with Crippen LogP contribution in [0, 0.1) is 0 Å². The molecule has 0 aromatic rings. The average Bonchev–Trinajstić information content (AvgIpc) is 2.64. The second-order valence-electron chi connectivity index (χ2n) is 5.08. The zero-order chi connectivity index (χ0) is 12.3. The van der Waals surface area contributed by atoms with Gasteiger partial charge >= 0.3 is 0 Å². The van der Waals surface area contributed by atoms with E-state index < -0.39 is 0 Å². The van der Waals surface area contributed by atoms with E-state index in [1.807, 2.05) is 0 Å². The molecule has 4 heteroatoms. The molecular weight excluding hydrogens is 218 g/mol. The monoisotopic (exact) mass is 241 g/mol. The Balaban J connectivity index is 1.99. The van der Waals surface area contributed by atoms with Crippen molar-refractivity contribution in [1.82, 2.24) is 4.90 Å². The summed E-state index contributed by atoms with van der Waals surface area (Å²) in [6, 6.07) is 0.107. The SMILES string of the molecule is COC1CN(C2CCCCCC2=O)CC1OC. The van der Waals surface area contributed by atoms with Gasteiger partial charge in [-0.05, 0) is 12.8 Å². The van der Waals surface area contributed by atoms with Gasteiger partial charge in [0.1, 0.15) is 5.78 Å². The van der Waals surface area contributed by atoms with Crippen LogP contribution < -0.4 is 0 Å². The van der Waals surface area contributed by atoms with Gasteiger partial charge in [0, 0.05) is 33.7 Å². The Bertz CT molecular complexity index is 257. The fraction of sp³-hybridized carbons (Fsp3) is 0.923. The lowest BCUT2D eigenvalue weighted by atomic mass is 10.1. The van der Waals surface area contributed by atoms with Crippen LogP contribution in [0.15, 0.2) is 0 Å². The maximum Gasteiger partial charge on any atom is 0.149 e. The maximum absolute atomic E-state index is 12.1. The molecule has 2 fully saturated rings. The summed E-state index contributed by atoms with van der Waals surface area (Å²) in [6.45, 7) is 1.65. The van der Waals surface area contributed by atoms with Crippen LogP contribution in [0.25, 0.3) is 0 Å². The quantitative estimate of drug-likeness (QED) is 0.697. The molecule has 0 aromatic carbocycles. The Hall–Kier alpha value is -0.450. The van der Waals surface area contributed by atoms with E-state index >= 15 is 0 Å². The van der Waals surface area contributed by atoms with Crippen LogP contribution >= 0.6 is 0 Å². The summed E-state index contributed by atoms with van der Waals surface area (Å²) in [5.41, 5.74) is 0. The standard InChI is InChI=1S/C13H23NO3/c1-16-12-8-14(9-13(12)17-2)10-6-4-3-5-7-11(10)15/h10,12-13H,3-9H2,1-2H3. The van der Waals surface area contributed by atoms with Crippen LogP contribution in [0.3, 0.4) is 0 Å². The first kappa shape index (κ1) is 13.0. The van der Waals surface area contributed by atoms with Crippen molar-refractivity contribution >= 4 is 5.78 Å². The lowest BCUT2D eigenvalue weighted by Crippen LogP contribution is -2.40. The van der Waals surface area contributed by atoms with Crippen molar-refractivity contribution in [2.24, 2.45) is 0 Å². The predicted molar refractivity (Wildman–Crippen MR) is 65.0 cm³/mol. The number of hydrogen-bond acceptors (Lipinski definition) is 4. The van der Waals surface area contributed by atoms with Gasteiger partial charge in [-0.1, -0.05) is 12.8 Å². The molecule has 0 aromatic heterocycles. The van der Waals surface area contributed by atoms with Crippen LogP contribution in [-0.2, 0) is 14.3 Å². The number of likely N-dealkylation sites (tertiary alicyclic amines) is 1. The molecule has 3 unspecified atom stereocenters. The fourth-order valence-electron chi connectivity index (χ4n) is 3.01. The summed E-state index contributed by atoms with van der Waals surface area (Å²) in [5.74, 6) is 0.411. The lowest BCUT2D eigenvalue weighted by molar-refractivity contribution is -0.124. The first-order chi connectivity index (χ1) is 8.26. The summed E-state index contributed by atoms with van der Waals surface area (Å²) in [4.78, 5) is 14.3. The Morgan fingerprint density at radius 2 is 1.71 bits per heavy atom. The molecule has 4 nitrogen and oxygen atoms in total. The van der Waals surface area contributed by atoms with Crippen LogP contribution in [-0.4, -0.2) is 56.2 Å². The zero-order valence-corrected chi connectivity index (χ0v) is 10.9. The third-order valence-electron chi connectivity index (χ3n) is 4.06. The Morgan fingerprint density at radius 3 is 2.29 bits per heavy atom. The minimum Gasteiger partial charge on any atom is -0.377 e. The lowest BCUT2D eigenvalue weighted by Gasteiger charge is -2.25. The van der Waals surface area contributed by atoms with Crippen molar-refractivity contribution in [2.45, 2.75) is 50.4 Å². The molecule has 1 saturated heterocycles. The second kappa shape index (κ2) is 5.94. The summed E-state index contributed by atoms with van der Waals surface area (Å²) in [6.07, 6.45) is 5.39. The smallest absolute Gasteiger partial charge is 0.149 e. The number of nitrogens with zero attached hydrogens (tertiary/aromatic N) is 1. The molecule has 1 heterocycles. The molecule has 1 saturated carbocycles. The van der Waals surface area contributed by atoms with E-state index in [4.69, 9.17) is 9.47 Å². The summed E-state index contributed by atoms with van der Waals surface area (Å²) < 4.78 is 10.8. The van der Waals surface area contributed by atoms with Gasteiger partial charge in [-0.2, -0.15) is 0 Å². The van der Waals surface area contributed by atoms with E-state index in [2.05, 4.69) is 4.90 Å². The number of hydrogen-bond donors (Lipinski definition) is 0. The predicted octanol–water partition coefficient (Wildman–Crippen LogP) is 1.23. The van der Waals surface area contributed by atoms with Crippen molar-refractivity contribution in [3.05, 3.63) is 0 Å². The largest absolute Gasteiger partial charge is 0.377 e. The van der Waals surface area contributed by atoms with Gasteiger partial charge in [0.2, 0.25) is 0 Å². The Kier molecular flexibility index (Phi) is 4.54. The highest BCUT2D eigenvalue weighted by atomic mass is 16.5. The van der Waals surface area contributed by atoms with E-state index in [1.165, 1.54) is 12.8 Å². The first-order valence-electron chi connectivity index (χ1n) is 6.58. The molecular formula is C13H23NO3. The normalized spacial score (nSPS) is 36.1. The molecule has 1 aliphatic heterocycles. The molecule has 2 rings (SSSR count). The van der Waals surface area contributed by atoms with Gasteiger partial charge in [-0.3, -0.25) is 9.69 Å². The number of ketones is 1. The van der Waals surface area contributed by atoms with Crippen molar-refractivity contribution in [3.8, 4) is 0 Å². The first-order valence-corrected chi connectivity index (χ1v) is 6.58. The molecule has 0 bridgehead atoms. The van der Waals surface area contributed by atoms with E-state index in [9.17, 15) is 4.79 Å². The molecule has 0 N–H and O–H groups in total. The van der Waals surface area contributed by atoms with Crippen LogP contribution in [0.1, 0.15) is 32.1 Å². The molecule has 17 heavy (non-hydrogen) atoms. The molecule has 0 radical (unpaired) electrons. The van der Waals surface area contributed by atoms with E-state index in [0.29, 0.717) is 5.78 Å². The highest BCUT2D eigenvalue weighted by molar-refractivity contribution is 5.84. The van der Waals surface area contributed by atoms with Gasteiger partial charge in [0.25, 0.3) is 0 Å². The number of Topliss-reactive ketones (excluding diaryl/α,β-unsaturated/α-hetero) is 1. The van der Waals surface area contributed by atoms with Crippen molar-refractivity contribution < 1.29 is 14.3 Å². The molecule has 2 aliphatic rings. The Morgan fingerprint density at radius 1 is 1.06 bits per heavy atom. The maximum atomic E-state index is 12.1. The highest BCUT2D eigenvalue weighted by Gasteiger charge is 2.38. The van der Waals surface area contributed by atoms with Crippen LogP contribution in [0.2, 0.25) is 0 Å². The third kappa shape index (κ3) is 2.87. The van der Waals surface area contributed by atoms with Gasteiger partial charge in [-0.15, -0.1) is 0 Å². The van der Waals surface area contributed by atoms with Crippen LogP contribution in [0.5, 0.6) is 0 Å². The third-order valence-corrected chi connectivity index (χ3v) is 4.06. The fourth-order valence-corrected chi connectivity index (χ4v) is 3.01. The summed E-state index contributed by atoms with van der Waals surface area (Å²) in [5, 5.41) is 0. The second-order valence-corrected chi connectivity index (χ2v) is 5.08. The molecule has 0 spiro atoms. The summed E-state index contributed by atoms with van der Waals surface area (Å²) >= 11 is 0. The minimum absolute atomic E-state index is 0.107. The van der Waals surface area contributed by atoms with E-state index in [0.717, 1.165) is 32.4 Å². The molecule has 3 atom stereocenters. The van der Waals surface area contributed by atoms with Crippen molar-refractivity contribution in [3.63, 3.8) is 0 Å². The zero-order valence-electron chi connectivity index (χ0n) is 10.9. The molecule has 1 aliphatic carbocycles. The molecule has 98 valence electrons. The van der Waals surface area contributed by atoms with Crippen molar-refractivity contribution in [1.29, 1.82) is 0 Å². The van der Waals surface area contributed by atoms with Crippen LogP contribution in [0.4, 0.5) is 0 Å². The minimum atomic E-state index is 0.107. The average molecular weight is 241 g/mol. The molecule has 0 amide bonds. The van der Waals surface area contributed by atoms with Gasteiger partial charge < -0.3 is 9.47 Å². The van der Waals surface area contributed by atoms with E-state index in [-0.39, 0.29) is 18.2 Å².